The Morgan fingerprint density at radius 2 is 2.06 bits per heavy atom. The molecular weight excluding hydrogens is 297 g/mol. The molecule has 2 rings (SSSR count). The number of carboxylic acids is 1. The van der Waals surface area contributed by atoms with Gasteiger partial charge in [0.1, 0.15) is 0 Å². The van der Waals surface area contributed by atoms with Crippen molar-refractivity contribution >= 4 is 44.4 Å². The minimum atomic E-state index is -1.16. The Hall–Kier alpha value is -1.33. The van der Waals surface area contributed by atoms with Gasteiger partial charge in [0.2, 0.25) is 5.56 Å². The zero-order chi connectivity index (χ0) is 11.9. The first-order chi connectivity index (χ1) is 7.49. The molecule has 0 aliphatic carbocycles. The van der Waals surface area contributed by atoms with Gasteiger partial charge in [-0.25, -0.2) is 4.79 Å². The van der Waals surface area contributed by atoms with E-state index in [-0.39, 0.29) is 5.56 Å². The summed E-state index contributed by atoms with van der Waals surface area (Å²) in [4.78, 5) is 24.7. The zero-order valence-electron chi connectivity index (χ0n) is 7.75. The number of halogens is 2. The van der Waals surface area contributed by atoms with Gasteiger partial charge in [0.25, 0.3) is 0 Å². The lowest BCUT2D eigenvalue weighted by Crippen LogP contribution is -2.10. The van der Waals surface area contributed by atoms with Gasteiger partial charge >= 0.3 is 5.97 Å². The lowest BCUT2D eigenvalue weighted by Gasteiger charge is -2.04. The van der Waals surface area contributed by atoms with E-state index in [4.69, 9.17) is 16.7 Å². The first-order valence-corrected chi connectivity index (χ1v) is 5.41. The van der Waals surface area contributed by atoms with Gasteiger partial charge in [-0.2, -0.15) is 0 Å². The fourth-order valence-electron chi connectivity index (χ4n) is 1.46. The maximum Gasteiger partial charge on any atom is 0.336 e. The van der Waals surface area contributed by atoms with E-state index in [9.17, 15) is 9.59 Å². The molecule has 0 bridgehead atoms. The van der Waals surface area contributed by atoms with Crippen LogP contribution in [-0.2, 0) is 0 Å². The van der Waals surface area contributed by atoms with Crippen LogP contribution in [0.1, 0.15) is 10.4 Å². The fraction of sp³-hybridized carbons (Fsp3) is 0. The standard InChI is InChI=1S/C10H5BrClNO3/c11-4-1-5-6(10(15)16)3-8(14)13-9(5)7(12)2-4/h1-3H,(H,13,14)(H,15,16). The molecule has 2 aromatic rings. The minimum Gasteiger partial charge on any atom is -0.478 e. The molecule has 0 radical (unpaired) electrons. The summed E-state index contributed by atoms with van der Waals surface area (Å²) in [5.41, 5.74) is -0.231. The maximum absolute atomic E-state index is 11.3. The van der Waals surface area contributed by atoms with Crippen LogP contribution < -0.4 is 5.56 Å². The Morgan fingerprint density at radius 3 is 2.69 bits per heavy atom. The van der Waals surface area contributed by atoms with E-state index in [1.807, 2.05) is 0 Å². The predicted molar refractivity (Wildman–Crippen MR) is 64.2 cm³/mol. The number of aromatic amines is 1. The average Bonchev–Trinajstić information content (AvgIpc) is 2.18. The molecule has 16 heavy (non-hydrogen) atoms. The number of carbonyl (C=O) groups is 1. The lowest BCUT2D eigenvalue weighted by atomic mass is 10.1. The van der Waals surface area contributed by atoms with E-state index in [1.165, 1.54) is 0 Å². The van der Waals surface area contributed by atoms with Crippen molar-refractivity contribution in [3.8, 4) is 0 Å². The molecule has 1 aromatic heterocycles. The van der Waals surface area contributed by atoms with E-state index in [0.717, 1.165) is 6.07 Å². The van der Waals surface area contributed by atoms with Crippen LogP contribution in [0.15, 0.2) is 27.5 Å². The molecule has 82 valence electrons. The molecule has 0 fully saturated rings. The zero-order valence-corrected chi connectivity index (χ0v) is 10.1. The second-order valence-corrected chi connectivity index (χ2v) is 4.49. The molecule has 0 spiro atoms. The number of rotatable bonds is 1. The normalized spacial score (nSPS) is 10.6. The summed E-state index contributed by atoms with van der Waals surface area (Å²) in [6, 6.07) is 4.22. The minimum absolute atomic E-state index is 0.0676. The number of fused-ring (bicyclic) bond motifs is 1. The molecule has 0 aliphatic heterocycles. The van der Waals surface area contributed by atoms with Crippen molar-refractivity contribution in [2.75, 3.05) is 0 Å². The van der Waals surface area contributed by atoms with Gasteiger partial charge in [-0.3, -0.25) is 4.79 Å². The quantitative estimate of drug-likeness (QED) is 0.851. The SMILES string of the molecule is O=C(O)c1cc(=O)[nH]c2c(Cl)cc(Br)cc12. The second-order valence-electron chi connectivity index (χ2n) is 3.16. The van der Waals surface area contributed by atoms with E-state index >= 15 is 0 Å². The number of aromatic nitrogens is 1. The topological polar surface area (TPSA) is 70.2 Å². The van der Waals surface area contributed by atoms with Crippen molar-refractivity contribution < 1.29 is 9.90 Å². The molecule has 1 heterocycles. The number of aromatic carboxylic acids is 1. The van der Waals surface area contributed by atoms with E-state index in [2.05, 4.69) is 20.9 Å². The van der Waals surface area contributed by atoms with E-state index in [1.54, 1.807) is 12.1 Å². The molecular formula is C10H5BrClNO3. The molecule has 1 aromatic carbocycles. The number of nitrogens with one attached hydrogen (secondary N) is 1. The molecule has 0 saturated carbocycles. The summed E-state index contributed by atoms with van der Waals surface area (Å²) in [6.07, 6.45) is 0. The third-order valence-electron chi connectivity index (χ3n) is 2.10. The van der Waals surface area contributed by atoms with Crippen LogP contribution in [0.5, 0.6) is 0 Å². The molecule has 4 nitrogen and oxygen atoms in total. The molecule has 2 N–H and O–H groups in total. The maximum atomic E-state index is 11.3. The highest BCUT2D eigenvalue weighted by Crippen LogP contribution is 2.27. The summed E-state index contributed by atoms with van der Waals surface area (Å²) < 4.78 is 0.652. The molecule has 0 amide bonds. The fourth-order valence-corrected chi connectivity index (χ4v) is 2.31. The molecule has 0 atom stereocenters. The van der Waals surface area contributed by atoms with Crippen LogP contribution in [0, 0.1) is 0 Å². The van der Waals surface area contributed by atoms with Gasteiger partial charge in [-0.05, 0) is 12.1 Å². The van der Waals surface area contributed by atoms with E-state index < -0.39 is 11.5 Å². The number of benzene rings is 1. The van der Waals surface area contributed by atoms with Crippen molar-refractivity contribution in [1.29, 1.82) is 0 Å². The van der Waals surface area contributed by atoms with Crippen LogP contribution in [0.2, 0.25) is 5.02 Å². The number of H-pyrrole nitrogens is 1. The third kappa shape index (κ3) is 1.83. The highest BCUT2D eigenvalue weighted by atomic mass is 79.9. The number of hydrogen-bond acceptors (Lipinski definition) is 2. The monoisotopic (exact) mass is 301 g/mol. The number of pyridine rings is 1. The summed E-state index contributed by atoms with van der Waals surface area (Å²) in [7, 11) is 0. The number of hydrogen-bond donors (Lipinski definition) is 2. The second kappa shape index (κ2) is 3.92. The average molecular weight is 303 g/mol. The van der Waals surface area contributed by atoms with Crippen molar-refractivity contribution in [2.24, 2.45) is 0 Å². The van der Waals surface area contributed by atoms with Crippen molar-refractivity contribution in [2.45, 2.75) is 0 Å². The number of carboxylic acid groups (broad SMARTS) is 1. The first kappa shape index (κ1) is 11.2. The summed E-state index contributed by atoms with van der Waals surface area (Å²) in [5, 5.41) is 9.67. The largest absolute Gasteiger partial charge is 0.478 e. The summed E-state index contributed by atoms with van der Waals surface area (Å²) in [5.74, 6) is -1.16. The van der Waals surface area contributed by atoms with Crippen LogP contribution in [0.3, 0.4) is 0 Å². The summed E-state index contributed by atoms with van der Waals surface area (Å²) >= 11 is 9.13. The van der Waals surface area contributed by atoms with Gasteiger partial charge in [-0.15, -0.1) is 0 Å². The predicted octanol–water partition coefficient (Wildman–Crippen LogP) is 2.64. The highest BCUT2D eigenvalue weighted by Gasteiger charge is 2.12. The molecule has 6 heteroatoms. The Morgan fingerprint density at radius 1 is 1.38 bits per heavy atom. The Labute approximate surface area is 103 Å². The van der Waals surface area contributed by atoms with E-state index in [0.29, 0.717) is 20.4 Å². The van der Waals surface area contributed by atoms with Crippen LogP contribution in [0.4, 0.5) is 0 Å². The van der Waals surface area contributed by atoms with Crippen LogP contribution in [0.25, 0.3) is 10.9 Å². The third-order valence-corrected chi connectivity index (χ3v) is 2.86. The van der Waals surface area contributed by atoms with Crippen LogP contribution >= 0.6 is 27.5 Å². The van der Waals surface area contributed by atoms with Gasteiger partial charge in [0, 0.05) is 15.9 Å². The van der Waals surface area contributed by atoms with Crippen molar-refractivity contribution in [3.63, 3.8) is 0 Å². The smallest absolute Gasteiger partial charge is 0.336 e. The molecule has 0 aliphatic rings. The molecule has 0 saturated heterocycles. The Balaban J connectivity index is 3.01. The molecule has 0 unspecified atom stereocenters. The van der Waals surface area contributed by atoms with Gasteiger partial charge in [0.05, 0.1) is 16.1 Å². The Kier molecular flexibility index (Phi) is 2.73. The first-order valence-electron chi connectivity index (χ1n) is 4.24. The van der Waals surface area contributed by atoms with Gasteiger partial charge in [-0.1, -0.05) is 27.5 Å². The van der Waals surface area contributed by atoms with Gasteiger partial charge in [0.15, 0.2) is 0 Å². The lowest BCUT2D eigenvalue weighted by molar-refractivity contribution is 0.0699. The van der Waals surface area contributed by atoms with Gasteiger partial charge < -0.3 is 10.1 Å². The highest BCUT2D eigenvalue weighted by molar-refractivity contribution is 9.10. The van der Waals surface area contributed by atoms with Crippen LogP contribution in [-0.4, -0.2) is 16.1 Å². The summed E-state index contributed by atoms with van der Waals surface area (Å²) in [6.45, 7) is 0. The van der Waals surface area contributed by atoms with Crippen molar-refractivity contribution in [3.05, 3.63) is 43.6 Å². The Bertz CT molecular complexity index is 650. The van der Waals surface area contributed by atoms with Crippen molar-refractivity contribution in [1.82, 2.24) is 4.98 Å².